The lowest BCUT2D eigenvalue weighted by Gasteiger charge is -2.10. The van der Waals surface area contributed by atoms with Crippen LogP contribution in [0.1, 0.15) is 6.42 Å². The van der Waals surface area contributed by atoms with E-state index in [1.54, 1.807) is 12.1 Å². The van der Waals surface area contributed by atoms with Gasteiger partial charge in [0.2, 0.25) is 0 Å². The maximum absolute atomic E-state index is 9.56. The van der Waals surface area contributed by atoms with Crippen molar-refractivity contribution in [2.75, 3.05) is 27.2 Å². The first kappa shape index (κ1) is 23.8. The number of ether oxygens (including phenoxy) is 1. The molecule has 6 aromatic rings. The van der Waals surface area contributed by atoms with Crippen molar-refractivity contribution >= 4 is 22.1 Å². The van der Waals surface area contributed by atoms with Gasteiger partial charge in [-0.05, 0) is 104 Å². The highest BCUT2D eigenvalue weighted by atomic mass is 16.5. The summed E-state index contributed by atoms with van der Waals surface area (Å²) in [4.78, 5) is 18.5. The number of aromatic nitrogens is 4. The largest absolute Gasteiger partial charge is 0.508 e. The van der Waals surface area contributed by atoms with Crippen LogP contribution in [0.3, 0.4) is 0 Å². The minimum Gasteiger partial charge on any atom is -0.508 e. The maximum atomic E-state index is 9.56. The monoisotopic (exact) mass is 503 g/mol. The lowest BCUT2D eigenvalue weighted by molar-refractivity contribution is 0.281. The summed E-state index contributed by atoms with van der Waals surface area (Å²) in [6.07, 6.45) is 0.994. The van der Waals surface area contributed by atoms with E-state index in [0.717, 1.165) is 74.7 Å². The Balaban J connectivity index is 1.22. The topological polar surface area (TPSA) is 90.1 Å². The standard InChI is InChI=1S/C31H29N5O2/c1-36(2)16-3-17-38-25-12-6-21(7-13-25)31-33-27-15-9-23(19-29(27)35-31)22-8-14-26-28(18-22)34-30(32-26)20-4-10-24(37)11-5-20/h4-15,18-19,37H,3,16-17H2,1-2H3,(H,32,34)(H,33,35). The summed E-state index contributed by atoms with van der Waals surface area (Å²) in [5.41, 5.74) is 7.89. The van der Waals surface area contributed by atoms with E-state index in [1.165, 1.54) is 0 Å². The molecule has 0 aliphatic heterocycles. The molecule has 0 bridgehead atoms. The smallest absolute Gasteiger partial charge is 0.138 e. The summed E-state index contributed by atoms with van der Waals surface area (Å²) < 4.78 is 5.86. The molecule has 3 N–H and O–H groups in total. The number of nitrogens with one attached hydrogen (secondary N) is 2. The van der Waals surface area contributed by atoms with Crippen LogP contribution in [-0.4, -0.2) is 57.2 Å². The minimum absolute atomic E-state index is 0.238. The number of hydrogen-bond donors (Lipinski definition) is 3. The van der Waals surface area contributed by atoms with Crippen LogP contribution in [0.15, 0.2) is 84.9 Å². The molecule has 7 nitrogen and oxygen atoms in total. The molecular weight excluding hydrogens is 474 g/mol. The van der Waals surface area contributed by atoms with Crippen LogP contribution in [-0.2, 0) is 0 Å². The molecule has 0 saturated heterocycles. The fourth-order valence-electron chi connectivity index (χ4n) is 4.55. The van der Waals surface area contributed by atoms with Crippen molar-refractivity contribution in [2.24, 2.45) is 0 Å². The van der Waals surface area contributed by atoms with Gasteiger partial charge in [-0.2, -0.15) is 0 Å². The van der Waals surface area contributed by atoms with Crippen LogP contribution in [0, 0.1) is 0 Å². The first-order chi connectivity index (χ1) is 18.5. The van der Waals surface area contributed by atoms with Gasteiger partial charge in [-0.1, -0.05) is 12.1 Å². The average Bonchev–Trinajstić information content (AvgIpc) is 3.55. The van der Waals surface area contributed by atoms with Gasteiger partial charge < -0.3 is 24.7 Å². The summed E-state index contributed by atoms with van der Waals surface area (Å²) in [5, 5.41) is 9.56. The number of aromatic amines is 2. The van der Waals surface area contributed by atoms with Crippen molar-refractivity contribution in [3.05, 3.63) is 84.9 Å². The number of nitrogens with zero attached hydrogens (tertiary/aromatic N) is 3. The summed E-state index contributed by atoms with van der Waals surface area (Å²) in [6.45, 7) is 1.71. The van der Waals surface area contributed by atoms with E-state index in [-0.39, 0.29) is 5.75 Å². The molecule has 0 spiro atoms. The zero-order chi connectivity index (χ0) is 26.1. The van der Waals surface area contributed by atoms with Gasteiger partial charge in [0.15, 0.2) is 0 Å². The molecule has 0 saturated carbocycles. The van der Waals surface area contributed by atoms with Crippen LogP contribution in [0.2, 0.25) is 0 Å². The number of hydrogen-bond acceptors (Lipinski definition) is 5. The number of phenolic OH excluding ortho intramolecular Hbond substituents is 1. The van der Waals surface area contributed by atoms with E-state index in [2.05, 4.69) is 53.2 Å². The molecule has 4 aromatic carbocycles. The summed E-state index contributed by atoms with van der Waals surface area (Å²) >= 11 is 0. The van der Waals surface area contributed by atoms with Gasteiger partial charge in [0.25, 0.3) is 0 Å². The highest BCUT2D eigenvalue weighted by molar-refractivity contribution is 5.88. The molecule has 0 aliphatic carbocycles. The Kier molecular flexibility index (Phi) is 6.27. The van der Waals surface area contributed by atoms with E-state index in [9.17, 15) is 5.11 Å². The molecule has 0 unspecified atom stereocenters. The fourth-order valence-corrected chi connectivity index (χ4v) is 4.55. The van der Waals surface area contributed by atoms with Crippen LogP contribution in [0.4, 0.5) is 0 Å². The quantitative estimate of drug-likeness (QED) is 0.207. The molecular formula is C31H29N5O2. The number of aromatic hydroxyl groups is 1. The third-order valence-electron chi connectivity index (χ3n) is 6.58. The van der Waals surface area contributed by atoms with Gasteiger partial charge >= 0.3 is 0 Å². The Morgan fingerprint density at radius 1 is 0.684 bits per heavy atom. The first-order valence-corrected chi connectivity index (χ1v) is 12.7. The molecule has 2 aromatic heterocycles. The lowest BCUT2D eigenvalue weighted by Crippen LogP contribution is -2.15. The van der Waals surface area contributed by atoms with E-state index in [4.69, 9.17) is 14.7 Å². The predicted molar refractivity (Wildman–Crippen MR) is 152 cm³/mol. The van der Waals surface area contributed by atoms with Crippen molar-refractivity contribution in [3.63, 3.8) is 0 Å². The van der Waals surface area contributed by atoms with Crippen LogP contribution in [0.5, 0.6) is 11.5 Å². The van der Waals surface area contributed by atoms with E-state index in [1.807, 2.05) is 48.5 Å². The van der Waals surface area contributed by atoms with Gasteiger partial charge in [0.1, 0.15) is 23.1 Å². The van der Waals surface area contributed by atoms with Crippen molar-refractivity contribution in [1.29, 1.82) is 0 Å². The Bertz CT molecular complexity index is 1700. The molecule has 190 valence electrons. The number of imidazole rings is 2. The maximum Gasteiger partial charge on any atom is 0.138 e. The van der Waals surface area contributed by atoms with Gasteiger partial charge in [0, 0.05) is 17.7 Å². The second kappa shape index (κ2) is 10.0. The Morgan fingerprint density at radius 3 is 1.71 bits per heavy atom. The zero-order valence-corrected chi connectivity index (χ0v) is 21.4. The number of H-pyrrole nitrogens is 2. The van der Waals surface area contributed by atoms with E-state index >= 15 is 0 Å². The molecule has 38 heavy (non-hydrogen) atoms. The van der Waals surface area contributed by atoms with Crippen LogP contribution < -0.4 is 4.74 Å². The van der Waals surface area contributed by atoms with Crippen molar-refractivity contribution in [1.82, 2.24) is 24.8 Å². The summed E-state index contributed by atoms with van der Waals surface area (Å²) in [7, 11) is 4.14. The molecule has 6 rings (SSSR count). The second-order valence-corrected chi connectivity index (χ2v) is 9.71. The van der Waals surface area contributed by atoms with Crippen molar-refractivity contribution in [2.45, 2.75) is 6.42 Å². The second-order valence-electron chi connectivity index (χ2n) is 9.71. The van der Waals surface area contributed by atoms with E-state index < -0.39 is 0 Å². The third-order valence-corrected chi connectivity index (χ3v) is 6.58. The van der Waals surface area contributed by atoms with Crippen molar-refractivity contribution in [3.8, 4) is 45.4 Å². The summed E-state index contributed by atoms with van der Waals surface area (Å²) in [5.74, 6) is 2.71. The SMILES string of the molecule is CN(C)CCCOc1ccc(-c2nc3ccc(-c4ccc5nc(-c6ccc(O)cc6)[nH]c5c4)cc3[nH]2)cc1. The Labute approximate surface area is 220 Å². The first-order valence-electron chi connectivity index (χ1n) is 12.7. The Morgan fingerprint density at radius 2 is 1.18 bits per heavy atom. The minimum atomic E-state index is 0.238. The predicted octanol–water partition coefficient (Wildman–Crippen LogP) is 6.48. The highest BCUT2D eigenvalue weighted by Gasteiger charge is 2.10. The number of phenols is 1. The highest BCUT2D eigenvalue weighted by Crippen LogP contribution is 2.30. The fraction of sp³-hybridized carbons (Fsp3) is 0.161. The van der Waals surface area contributed by atoms with Gasteiger partial charge in [-0.25, -0.2) is 9.97 Å². The lowest BCUT2D eigenvalue weighted by atomic mass is 10.0. The van der Waals surface area contributed by atoms with Crippen LogP contribution in [0.25, 0.3) is 56.0 Å². The van der Waals surface area contributed by atoms with Gasteiger partial charge in [-0.3, -0.25) is 0 Å². The molecule has 0 radical (unpaired) electrons. The van der Waals surface area contributed by atoms with E-state index in [0.29, 0.717) is 6.61 Å². The molecule has 2 heterocycles. The average molecular weight is 504 g/mol. The number of fused-ring (bicyclic) bond motifs is 2. The molecule has 0 atom stereocenters. The molecule has 0 amide bonds. The molecule has 7 heteroatoms. The van der Waals surface area contributed by atoms with Crippen LogP contribution >= 0.6 is 0 Å². The van der Waals surface area contributed by atoms with Gasteiger partial charge in [0.05, 0.1) is 28.7 Å². The normalized spacial score (nSPS) is 11.6. The van der Waals surface area contributed by atoms with Gasteiger partial charge in [-0.15, -0.1) is 0 Å². The Hall–Kier alpha value is -4.62. The summed E-state index contributed by atoms with van der Waals surface area (Å²) in [6, 6.07) is 27.6. The number of benzene rings is 4. The molecule has 0 fully saturated rings. The van der Waals surface area contributed by atoms with Crippen molar-refractivity contribution < 1.29 is 9.84 Å². The third kappa shape index (κ3) is 4.96. The molecule has 0 aliphatic rings. The zero-order valence-electron chi connectivity index (χ0n) is 21.4. The number of rotatable bonds is 8.